The minimum absolute atomic E-state index is 0.0929. The molecule has 2 fully saturated rings. The van der Waals surface area contributed by atoms with E-state index in [0.29, 0.717) is 29.2 Å². The lowest BCUT2D eigenvalue weighted by Gasteiger charge is -2.47. The average molecular weight is 339 g/mol. The summed E-state index contributed by atoms with van der Waals surface area (Å²) in [5, 5.41) is 7.95. The van der Waals surface area contributed by atoms with E-state index in [0.717, 1.165) is 12.7 Å². The maximum absolute atomic E-state index is 11.6. The van der Waals surface area contributed by atoms with Gasteiger partial charge in [0.05, 0.1) is 30.1 Å². The van der Waals surface area contributed by atoms with E-state index >= 15 is 0 Å². The third-order valence-corrected chi connectivity index (χ3v) is 5.18. The molecule has 0 amide bonds. The van der Waals surface area contributed by atoms with Gasteiger partial charge in [-0.15, -0.1) is 0 Å². The van der Waals surface area contributed by atoms with Gasteiger partial charge < -0.3 is 14.6 Å². The average Bonchev–Trinajstić information content (AvgIpc) is 3.07. The van der Waals surface area contributed by atoms with E-state index in [-0.39, 0.29) is 24.1 Å². The van der Waals surface area contributed by atoms with Gasteiger partial charge in [-0.1, -0.05) is 5.16 Å². The number of anilines is 1. The lowest BCUT2D eigenvalue weighted by molar-refractivity contribution is -0.00314. The molecule has 1 saturated carbocycles. The molecule has 0 aromatic carbocycles. The largest absolute Gasteiger partial charge is 0.376 e. The van der Waals surface area contributed by atoms with Crippen molar-refractivity contribution < 1.29 is 17.7 Å². The van der Waals surface area contributed by atoms with Gasteiger partial charge in [0.1, 0.15) is 17.5 Å². The Balaban J connectivity index is 1.64. The quantitative estimate of drug-likeness (QED) is 0.801. The van der Waals surface area contributed by atoms with Crippen molar-refractivity contribution in [1.82, 2.24) is 19.8 Å². The summed E-state index contributed by atoms with van der Waals surface area (Å²) < 4.78 is 36.6. The molecule has 2 aromatic heterocycles. The maximum Gasteiger partial charge on any atom is 0.263 e. The first-order valence-electron chi connectivity index (χ1n) is 7.36. The summed E-state index contributed by atoms with van der Waals surface area (Å²) in [4.78, 5) is 8.31. The van der Waals surface area contributed by atoms with E-state index in [1.165, 1.54) is 6.33 Å². The predicted molar refractivity (Wildman–Crippen MR) is 81.4 cm³/mol. The van der Waals surface area contributed by atoms with Crippen LogP contribution in [0.1, 0.15) is 12.1 Å². The number of ether oxygens (including phenoxy) is 1. The van der Waals surface area contributed by atoms with Crippen molar-refractivity contribution in [3.63, 3.8) is 0 Å². The zero-order chi connectivity index (χ0) is 16.2. The van der Waals surface area contributed by atoms with Crippen LogP contribution < -0.4 is 10.0 Å². The molecule has 1 saturated heterocycles. The molecule has 3 heterocycles. The summed E-state index contributed by atoms with van der Waals surface area (Å²) in [6.07, 6.45) is 3.35. The highest BCUT2D eigenvalue weighted by atomic mass is 32.2. The Labute approximate surface area is 132 Å². The van der Waals surface area contributed by atoms with E-state index in [4.69, 9.17) is 9.26 Å². The smallest absolute Gasteiger partial charge is 0.263 e. The van der Waals surface area contributed by atoms with Crippen LogP contribution in [-0.2, 0) is 14.8 Å². The minimum Gasteiger partial charge on any atom is -0.376 e. The summed E-state index contributed by atoms with van der Waals surface area (Å²) in [6.45, 7) is 2.45. The summed E-state index contributed by atoms with van der Waals surface area (Å²) in [5.74, 6) is 0.851. The fourth-order valence-corrected chi connectivity index (χ4v) is 4.26. The number of sulfonamides is 1. The zero-order valence-corrected chi connectivity index (χ0v) is 13.5. The first-order valence-corrected chi connectivity index (χ1v) is 9.25. The molecular formula is C13H17N5O4S. The number of hydrogen-bond donors (Lipinski definition) is 2. The number of hydrogen-bond acceptors (Lipinski definition) is 8. The van der Waals surface area contributed by atoms with Crippen LogP contribution >= 0.6 is 0 Å². The number of aryl methyl sites for hydroxylation is 1. The molecule has 1 aliphatic heterocycles. The number of nitrogens with one attached hydrogen (secondary N) is 2. The van der Waals surface area contributed by atoms with Crippen molar-refractivity contribution in [1.29, 1.82) is 0 Å². The van der Waals surface area contributed by atoms with E-state index < -0.39 is 10.0 Å². The number of fused-ring (bicyclic) bond motifs is 2. The molecule has 10 heteroatoms. The first-order chi connectivity index (χ1) is 10.9. The molecule has 0 unspecified atom stereocenters. The van der Waals surface area contributed by atoms with Gasteiger partial charge in [-0.25, -0.2) is 18.1 Å². The van der Waals surface area contributed by atoms with Gasteiger partial charge in [0, 0.05) is 12.5 Å². The van der Waals surface area contributed by atoms with Crippen LogP contribution in [0.15, 0.2) is 10.9 Å². The van der Waals surface area contributed by atoms with Crippen molar-refractivity contribution >= 4 is 26.9 Å². The Bertz CT molecular complexity index is 851. The SMILES string of the molecule is Cc1noc2ncnc(N[C@H]3[C@H]4CCO[C@H]4[C@@H]3NS(C)(=O)=O)c12. The topological polar surface area (TPSA) is 119 Å². The van der Waals surface area contributed by atoms with Crippen molar-refractivity contribution in [3.05, 3.63) is 12.0 Å². The molecule has 0 spiro atoms. The fraction of sp³-hybridized carbons (Fsp3) is 0.615. The summed E-state index contributed by atoms with van der Waals surface area (Å²) in [6, 6.07) is -0.410. The van der Waals surface area contributed by atoms with Crippen LogP contribution in [0.5, 0.6) is 0 Å². The van der Waals surface area contributed by atoms with Crippen molar-refractivity contribution in [2.45, 2.75) is 31.5 Å². The highest BCUT2D eigenvalue weighted by Gasteiger charge is 2.55. The van der Waals surface area contributed by atoms with Crippen molar-refractivity contribution in [3.8, 4) is 0 Å². The van der Waals surface area contributed by atoms with Crippen LogP contribution in [0.2, 0.25) is 0 Å². The zero-order valence-electron chi connectivity index (χ0n) is 12.7. The Morgan fingerprint density at radius 2 is 2.13 bits per heavy atom. The van der Waals surface area contributed by atoms with Crippen LogP contribution in [0, 0.1) is 12.8 Å². The summed E-state index contributed by atoms with van der Waals surface area (Å²) in [5.41, 5.74) is 1.10. The second-order valence-corrected chi connectivity index (χ2v) is 7.82. The summed E-state index contributed by atoms with van der Waals surface area (Å²) >= 11 is 0. The van der Waals surface area contributed by atoms with Crippen LogP contribution in [0.25, 0.3) is 11.1 Å². The highest BCUT2D eigenvalue weighted by Crippen LogP contribution is 2.41. The van der Waals surface area contributed by atoms with E-state index in [1.54, 1.807) is 0 Å². The van der Waals surface area contributed by atoms with Crippen LogP contribution in [0.4, 0.5) is 5.82 Å². The lowest BCUT2D eigenvalue weighted by Crippen LogP contribution is -2.68. The van der Waals surface area contributed by atoms with Crippen molar-refractivity contribution in [2.75, 3.05) is 18.2 Å². The second kappa shape index (κ2) is 5.11. The van der Waals surface area contributed by atoms with Gasteiger partial charge in [-0.05, 0) is 13.3 Å². The standard InChI is InChI=1S/C13H17N5O4S/c1-6-8-12(14-5-15-13(8)22-17-6)16-9-7-3-4-21-11(7)10(9)18-23(2,19)20/h5,7,9-11,18H,3-4H2,1-2H3,(H,14,15,16)/t7-,9+,10-,11-/m1/s1. The Hall–Kier alpha value is -1.78. The lowest BCUT2D eigenvalue weighted by atomic mass is 9.72. The third-order valence-electron chi connectivity index (χ3n) is 4.48. The monoisotopic (exact) mass is 339 g/mol. The molecule has 4 atom stereocenters. The second-order valence-electron chi connectivity index (χ2n) is 6.04. The predicted octanol–water partition coefficient (Wildman–Crippen LogP) is 0.0432. The fourth-order valence-electron chi connectivity index (χ4n) is 3.48. The molecule has 4 rings (SSSR count). The molecule has 23 heavy (non-hydrogen) atoms. The van der Waals surface area contributed by atoms with Gasteiger partial charge in [0.2, 0.25) is 10.0 Å². The number of aromatic nitrogens is 3. The highest BCUT2D eigenvalue weighted by molar-refractivity contribution is 7.88. The Kier molecular flexibility index (Phi) is 3.29. The van der Waals surface area contributed by atoms with Gasteiger partial charge >= 0.3 is 0 Å². The van der Waals surface area contributed by atoms with Gasteiger partial charge in [0.25, 0.3) is 5.71 Å². The Morgan fingerprint density at radius 1 is 1.30 bits per heavy atom. The molecule has 0 radical (unpaired) electrons. The summed E-state index contributed by atoms with van der Waals surface area (Å²) in [7, 11) is -3.32. The molecule has 2 N–H and O–H groups in total. The van der Waals surface area contributed by atoms with Crippen molar-refractivity contribution in [2.24, 2.45) is 5.92 Å². The molecular weight excluding hydrogens is 322 g/mol. The van der Waals surface area contributed by atoms with Crippen LogP contribution in [0.3, 0.4) is 0 Å². The van der Waals surface area contributed by atoms with Gasteiger partial charge in [-0.3, -0.25) is 0 Å². The third kappa shape index (κ3) is 2.46. The van der Waals surface area contributed by atoms with E-state index in [2.05, 4.69) is 25.2 Å². The molecule has 2 aliphatic rings. The van der Waals surface area contributed by atoms with Gasteiger partial charge in [-0.2, -0.15) is 4.98 Å². The first kappa shape index (κ1) is 14.8. The number of nitrogens with zero attached hydrogens (tertiary/aromatic N) is 3. The normalized spacial score (nSPS) is 30.2. The van der Waals surface area contributed by atoms with E-state index in [9.17, 15) is 8.42 Å². The molecule has 124 valence electrons. The van der Waals surface area contributed by atoms with Gasteiger partial charge in [0.15, 0.2) is 0 Å². The molecule has 1 aliphatic carbocycles. The minimum atomic E-state index is -3.32. The maximum atomic E-state index is 11.6. The molecule has 2 aromatic rings. The Morgan fingerprint density at radius 3 is 2.91 bits per heavy atom. The van der Waals surface area contributed by atoms with E-state index in [1.807, 2.05) is 6.92 Å². The van der Waals surface area contributed by atoms with Crippen LogP contribution in [-0.4, -0.2) is 54.6 Å². The molecule has 9 nitrogen and oxygen atoms in total. The molecule has 0 bridgehead atoms. The number of rotatable bonds is 4.